The maximum atomic E-state index is 11.2. The molecule has 0 saturated heterocycles. The second-order valence-corrected chi connectivity index (χ2v) is 3.66. The first-order valence-electron chi connectivity index (χ1n) is 5.69. The van der Waals surface area contributed by atoms with Crippen molar-refractivity contribution in [1.82, 2.24) is 10.6 Å². The first-order valence-corrected chi connectivity index (χ1v) is 5.69. The maximum Gasteiger partial charge on any atom is 0.161 e. The van der Waals surface area contributed by atoms with E-state index in [0.29, 0.717) is 0 Å². The summed E-state index contributed by atoms with van der Waals surface area (Å²) in [6.45, 7) is 7.76. The lowest BCUT2D eigenvalue weighted by Crippen LogP contribution is -2.47. The zero-order valence-corrected chi connectivity index (χ0v) is 9.73. The number of hydrogen-bond acceptors (Lipinski definition) is 3. The number of carbonyl (C=O) groups is 1. The van der Waals surface area contributed by atoms with Crippen LogP contribution in [0.2, 0.25) is 0 Å². The third kappa shape index (κ3) is 7.04. The molecule has 0 radical (unpaired) electrons. The Morgan fingerprint density at radius 2 is 1.50 bits per heavy atom. The molecule has 0 aromatic heterocycles. The molecule has 0 aromatic carbocycles. The third-order valence-electron chi connectivity index (χ3n) is 2.16. The number of carbonyl (C=O) groups excluding carboxylic acids is 1. The van der Waals surface area contributed by atoms with Crippen LogP contribution < -0.4 is 10.6 Å². The number of unbranched alkanes of at least 4 members (excludes halogenated alkanes) is 2. The molecule has 0 unspecified atom stereocenters. The highest BCUT2D eigenvalue weighted by atomic mass is 16.1. The van der Waals surface area contributed by atoms with Crippen molar-refractivity contribution in [3.05, 3.63) is 0 Å². The van der Waals surface area contributed by atoms with E-state index >= 15 is 0 Å². The zero-order valence-electron chi connectivity index (χ0n) is 9.73. The Balaban J connectivity index is 3.61. The van der Waals surface area contributed by atoms with Gasteiger partial charge in [0.25, 0.3) is 0 Å². The van der Waals surface area contributed by atoms with Gasteiger partial charge in [0, 0.05) is 0 Å². The van der Waals surface area contributed by atoms with Crippen molar-refractivity contribution in [2.45, 2.75) is 52.6 Å². The SMILES string of the molecule is CCCCNC(NCCCC)C(C)=O. The van der Waals surface area contributed by atoms with Gasteiger partial charge in [0.05, 0.1) is 0 Å². The topological polar surface area (TPSA) is 41.1 Å². The fourth-order valence-electron chi connectivity index (χ4n) is 1.21. The lowest BCUT2D eigenvalue weighted by atomic mass is 10.2. The Hall–Kier alpha value is -0.410. The van der Waals surface area contributed by atoms with Gasteiger partial charge in [-0.05, 0) is 32.9 Å². The van der Waals surface area contributed by atoms with Crippen LogP contribution in [0, 0.1) is 0 Å². The number of nitrogens with one attached hydrogen (secondary N) is 2. The van der Waals surface area contributed by atoms with Crippen molar-refractivity contribution in [1.29, 1.82) is 0 Å². The van der Waals surface area contributed by atoms with Crippen molar-refractivity contribution in [2.24, 2.45) is 0 Å². The molecule has 0 aromatic rings. The lowest BCUT2D eigenvalue weighted by molar-refractivity contribution is -0.119. The molecule has 0 aliphatic heterocycles. The Morgan fingerprint density at radius 1 is 1.07 bits per heavy atom. The first kappa shape index (κ1) is 13.6. The van der Waals surface area contributed by atoms with Gasteiger partial charge in [0.1, 0.15) is 6.17 Å². The molecule has 2 N–H and O–H groups in total. The average molecular weight is 200 g/mol. The van der Waals surface area contributed by atoms with Crippen LogP contribution in [0.3, 0.4) is 0 Å². The van der Waals surface area contributed by atoms with Gasteiger partial charge < -0.3 is 0 Å². The number of rotatable bonds is 9. The first-order chi connectivity index (χ1) is 6.72. The van der Waals surface area contributed by atoms with Crippen LogP contribution in [-0.4, -0.2) is 25.0 Å². The van der Waals surface area contributed by atoms with Crippen LogP contribution in [0.1, 0.15) is 46.5 Å². The van der Waals surface area contributed by atoms with Gasteiger partial charge in [-0.25, -0.2) is 0 Å². The fraction of sp³-hybridized carbons (Fsp3) is 0.909. The molecule has 0 amide bonds. The van der Waals surface area contributed by atoms with Gasteiger partial charge in [0.2, 0.25) is 0 Å². The molecule has 0 spiro atoms. The predicted octanol–water partition coefficient (Wildman–Crippen LogP) is 1.68. The molecular weight excluding hydrogens is 176 g/mol. The van der Waals surface area contributed by atoms with Gasteiger partial charge in [-0.3, -0.25) is 15.4 Å². The molecule has 0 aliphatic rings. The number of hydrogen-bond donors (Lipinski definition) is 2. The van der Waals surface area contributed by atoms with Crippen molar-refractivity contribution >= 4 is 5.78 Å². The Bertz CT molecular complexity index is 138. The highest BCUT2D eigenvalue weighted by Crippen LogP contribution is 1.89. The zero-order chi connectivity index (χ0) is 10.8. The summed E-state index contributed by atoms with van der Waals surface area (Å²) < 4.78 is 0. The van der Waals surface area contributed by atoms with Gasteiger partial charge in [0.15, 0.2) is 5.78 Å². The molecule has 0 saturated carbocycles. The summed E-state index contributed by atoms with van der Waals surface area (Å²) in [4.78, 5) is 11.2. The van der Waals surface area contributed by atoms with Gasteiger partial charge in [-0.2, -0.15) is 0 Å². The highest BCUT2D eigenvalue weighted by molar-refractivity contribution is 5.80. The molecule has 14 heavy (non-hydrogen) atoms. The van der Waals surface area contributed by atoms with Gasteiger partial charge >= 0.3 is 0 Å². The minimum absolute atomic E-state index is 0.145. The predicted molar refractivity (Wildman–Crippen MR) is 60.3 cm³/mol. The highest BCUT2D eigenvalue weighted by Gasteiger charge is 2.10. The fourth-order valence-corrected chi connectivity index (χ4v) is 1.21. The summed E-state index contributed by atoms with van der Waals surface area (Å²) in [5.74, 6) is 0.178. The number of ketones is 1. The molecule has 0 rings (SSSR count). The smallest absolute Gasteiger partial charge is 0.161 e. The van der Waals surface area contributed by atoms with Crippen LogP contribution in [0.25, 0.3) is 0 Å². The van der Waals surface area contributed by atoms with Gasteiger partial charge in [-0.15, -0.1) is 0 Å². The Morgan fingerprint density at radius 3 is 1.79 bits per heavy atom. The van der Waals surface area contributed by atoms with Gasteiger partial charge in [-0.1, -0.05) is 26.7 Å². The van der Waals surface area contributed by atoms with Crippen molar-refractivity contribution < 1.29 is 4.79 Å². The summed E-state index contributed by atoms with van der Waals surface area (Å²) >= 11 is 0. The lowest BCUT2D eigenvalue weighted by Gasteiger charge is -2.17. The van der Waals surface area contributed by atoms with E-state index in [1.54, 1.807) is 6.92 Å². The minimum atomic E-state index is -0.145. The van der Waals surface area contributed by atoms with E-state index < -0.39 is 0 Å². The van der Waals surface area contributed by atoms with E-state index in [2.05, 4.69) is 24.5 Å². The van der Waals surface area contributed by atoms with E-state index in [1.807, 2.05) is 0 Å². The summed E-state index contributed by atoms with van der Waals surface area (Å²) in [5, 5.41) is 6.44. The minimum Gasteiger partial charge on any atom is -0.297 e. The Kier molecular flexibility index (Phi) is 8.89. The second kappa shape index (κ2) is 9.16. The molecule has 3 nitrogen and oxygen atoms in total. The monoisotopic (exact) mass is 200 g/mol. The van der Waals surface area contributed by atoms with E-state index in [9.17, 15) is 4.79 Å². The van der Waals surface area contributed by atoms with Crippen LogP contribution in [0.15, 0.2) is 0 Å². The maximum absolute atomic E-state index is 11.2. The van der Waals surface area contributed by atoms with E-state index in [0.717, 1.165) is 38.8 Å². The van der Waals surface area contributed by atoms with Crippen LogP contribution >= 0.6 is 0 Å². The molecule has 0 bridgehead atoms. The summed E-state index contributed by atoms with van der Waals surface area (Å²) in [6.07, 6.45) is 4.42. The average Bonchev–Trinajstić information content (AvgIpc) is 2.15. The van der Waals surface area contributed by atoms with Crippen LogP contribution in [0.4, 0.5) is 0 Å². The standard InChI is InChI=1S/C11H24N2O/c1-4-6-8-12-11(10(3)14)13-9-7-5-2/h11-13H,4-9H2,1-3H3. The van der Waals surface area contributed by atoms with Crippen molar-refractivity contribution in [3.8, 4) is 0 Å². The second-order valence-electron chi connectivity index (χ2n) is 3.66. The molecule has 3 heteroatoms. The molecule has 0 aliphatic carbocycles. The molecule has 84 valence electrons. The van der Waals surface area contributed by atoms with Crippen LogP contribution in [-0.2, 0) is 4.79 Å². The van der Waals surface area contributed by atoms with E-state index in [4.69, 9.17) is 0 Å². The molecule has 0 heterocycles. The van der Waals surface area contributed by atoms with Crippen molar-refractivity contribution in [3.63, 3.8) is 0 Å². The normalized spacial score (nSPS) is 10.9. The van der Waals surface area contributed by atoms with E-state index in [-0.39, 0.29) is 11.9 Å². The van der Waals surface area contributed by atoms with Crippen molar-refractivity contribution in [2.75, 3.05) is 13.1 Å². The summed E-state index contributed by atoms with van der Waals surface area (Å²) in [5.41, 5.74) is 0. The summed E-state index contributed by atoms with van der Waals surface area (Å²) in [6, 6.07) is 0. The molecule has 0 fully saturated rings. The molecule has 0 atom stereocenters. The van der Waals surface area contributed by atoms with E-state index in [1.165, 1.54) is 0 Å². The summed E-state index contributed by atoms with van der Waals surface area (Å²) in [7, 11) is 0. The number of Topliss-reactive ketones (excluding diaryl/α,β-unsaturated/α-hetero) is 1. The van der Waals surface area contributed by atoms with Crippen LogP contribution in [0.5, 0.6) is 0 Å². The quantitative estimate of drug-likeness (QED) is 0.439. The Labute approximate surface area is 87.6 Å². The third-order valence-corrected chi connectivity index (χ3v) is 2.16. The molecular formula is C11H24N2O. The largest absolute Gasteiger partial charge is 0.297 e.